The second-order valence-electron chi connectivity index (χ2n) is 11.6. The zero-order valence-electron chi connectivity index (χ0n) is 23.0. The molecular formula is C32H40N4Si. The predicted molar refractivity (Wildman–Crippen MR) is 163 cm³/mol. The molecule has 2 N–H and O–H groups in total. The van der Waals surface area contributed by atoms with Gasteiger partial charge < -0.3 is 9.97 Å². The quantitative estimate of drug-likeness (QED) is 0.206. The molecule has 0 amide bonds. The molecule has 37 heavy (non-hydrogen) atoms. The molecule has 5 rings (SSSR count). The number of unbranched alkanes of at least 4 members (excludes halogenated alkanes) is 2. The Balaban J connectivity index is 1.87. The molecule has 0 saturated heterocycles. The van der Waals surface area contributed by atoms with E-state index in [1.54, 1.807) is 0 Å². The Labute approximate surface area is 222 Å². The molecule has 192 valence electrons. The zero-order chi connectivity index (χ0) is 26.0. The summed E-state index contributed by atoms with van der Waals surface area (Å²) in [5.74, 6) is 0. The van der Waals surface area contributed by atoms with Crippen molar-refractivity contribution in [1.82, 2.24) is 19.9 Å². The van der Waals surface area contributed by atoms with Gasteiger partial charge in [-0.25, -0.2) is 9.97 Å². The molecule has 2 aliphatic rings. The van der Waals surface area contributed by atoms with Gasteiger partial charge in [-0.05, 0) is 86.4 Å². The SMILES string of the molecule is CCCCc1c2nc(c(C[Si](C)(C)C)c3nc(c(CCCC)c4ccc(cc5ccc1[nH]5)[nH]4)C=C3)C=C2. The normalized spacial score (nSPS) is 13.0. The van der Waals surface area contributed by atoms with Crippen molar-refractivity contribution in [2.45, 2.75) is 78.1 Å². The number of fused-ring (bicyclic) bond motifs is 8. The summed E-state index contributed by atoms with van der Waals surface area (Å²) in [4.78, 5) is 17.9. The van der Waals surface area contributed by atoms with Gasteiger partial charge in [0.2, 0.25) is 0 Å². The lowest BCUT2D eigenvalue weighted by Gasteiger charge is -2.17. The Morgan fingerprint density at radius 1 is 0.622 bits per heavy atom. The monoisotopic (exact) mass is 508 g/mol. The largest absolute Gasteiger partial charge is 0.355 e. The number of aromatic amines is 2. The van der Waals surface area contributed by atoms with E-state index in [-0.39, 0.29) is 0 Å². The Morgan fingerprint density at radius 2 is 1.05 bits per heavy atom. The minimum absolute atomic E-state index is 1.01. The summed E-state index contributed by atoms with van der Waals surface area (Å²) in [5, 5.41) is 0. The first-order chi connectivity index (χ1) is 17.8. The number of H-pyrrole nitrogens is 2. The summed E-state index contributed by atoms with van der Waals surface area (Å²) < 4.78 is 0. The molecule has 0 radical (unpaired) electrons. The maximum atomic E-state index is 5.25. The van der Waals surface area contributed by atoms with Gasteiger partial charge in [-0.3, -0.25) is 0 Å². The van der Waals surface area contributed by atoms with Gasteiger partial charge in [0.25, 0.3) is 0 Å². The molecule has 0 atom stereocenters. The van der Waals surface area contributed by atoms with E-state index >= 15 is 0 Å². The molecule has 0 aromatic carbocycles. The topological polar surface area (TPSA) is 57.4 Å². The number of hydrogen-bond donors (Lipinski definition) is 2. The lowest BCUT2D eigenvalue weighted by molar-refractivity contribution is 0.794. The van der Waals surface area contributed by atoms with Crippen LogP contribution in [0.5, 0.6) is 0 Å². The van der Waals surface area contributed by atoms with Gasteiger partial charge in [-0.15, -0.1) is 0 Å². The van der Waals surface area contributed by atoms with E-state index in [9.17, 15) is 0 Å². The molecule has 3 aromatic heterocycles. The van der Waals surface area contributed by atoms with Gasteiger partial charge in [-0.2, -0.15) is 0 Å². The van der Waals surface area contributed by atoms with E-state index in [0.29, 0.717) is 0 Å². The van der Waals surface area contributed by atoms with Gasteiger partial charge in [0, 0.05) is 46.8 Å². The Kier molecular flexibility index (Phi) is 7.34. The van der Waals surface area contributed by atoms with Crippen LogP contribution >= 0.6 is 0 Å². The molecular weight excluding hydrogens is 468 g/mol. The molecule has 0 saturated carbocycles. The molecule has 0 aliphatic carbocycles. The summed E-state index contributed by atoms with van der Waals surface area (Å²) in [6.45, 7) is 11.8. The first-order valence-corrected chi connectivity index (χ1v) is 17.7. The number of hydrogen-bond acceptors (Lipinski definition) is 2. The van der Waals surface area contributed by atoms with Crippen molar-refractivity contribution >= 4 is 54.4 Å². The highest BCUT2D eigenvalue weighted by Crippen LogP contribution is 2.29. The van der Waals surface area contributed by atoms with Crippen molar-refractivity contribution in [1.29, 1.82) is 0 Å². The summed E-state index contributed by atoms with van der Waals surface area (Å²) in [5.41, 5.74) is 12.8. The van der Waals surface area contributed by atoms with Crippen molar-refractivity contribution < 1.29 is 0 Å². The highest BCUT2D eigenvalue weighted by atomic mass is 28.3. The van der Waals surface area contributed by atoms with Crippen molar-refractivity contribution in [3.8, 4) is 0 Å². The number of aryl methyl sites for hydroxylation is 2. The molecule has 4 nitrogen and oxygen atoms in total. The molecule has 5 heteroatoms. The van der Waals surface area contributed by atoms with Crippen LogP contribution in [0.25, 0.3) is 46.4 Å². The third-order valence-corrected chi connectivity index (χ3v) is 8.58. The molecule has 0 fully saturated rings. The molecule has 8 bridgehead atoms. The van der Waals surface area contributed by atoms with Gasteiger partial charge in [-0.1, -0.05) is 46.3 Å². The van der Waals surface area contributed by atoms with Crippen molar-refractivity contribution in [3.05, 3.63) is 69.8 Å². The highest BCUT2D eigenvalue weighted by Gasteiger charge is 2.21. The summed E-state index contributed by atoms with van der Waals surface area (Å²) >= 11 is 0. The third-order valence-electron chi connectivity index (χ3n) is 7.16. The molecule has 0 spiro atoms. The lowest BCUT2D eigenvalue weighted by atomic mass is 10.1. The first kappa shape index (κ1) is 25.5. The first-order valence-electron chi connectivity index (χ1n) is 13.9. The van der Waals surface area contributed by atoms with Gasteiger partial charge in [0.15, 0.2) is 0 Å². The van der Waals surface area contributed by atoms with Gasteiger partial charge >= 0.3 is 0 Å². The van der Waals surface area contributed by atoms with E-state index in [2.05, 4.69) is 98.1 Å². The van der Waals surface area contributed by atoms with Crippen LogP contribution in [0.1, 0.15) is 79.0 Å². The average Bonchev–Trinajstić information content (AvgIpc) is 3.66. The Hall–Kier alpha value is -3.18. The van der Waals surface area contributed by atoms with Crippen molar-refractivity contribution in [3.63, 3.8) is 0 Å². The summed E-state index contributed by atoms with van der Waals surface area (Å²) in [6.07, 6.45) is 15.5. The third kappa shape index (κ3) is 5.72. The zero-order valence-corrected chi connectivity index (χ0v) is 24.0. The van der Waals surface area contributed by atoms with Gasteiger partial charge in [0.05, 0.1) is 22.8 Å². The maximum absolute atomic E-state index is 5.25. The van der Waals surface area contributed by atoms with Crippen LogP contribution in [0, 0.1) is 0 Å². The van der Waals surface area contributed by atoms with E-state index in [0.717, 1.165) is 78.4 Å². The molecule has 0 unspecified atom stereocenters. The number of nitrogens with one attached hydrogen (secondary N) is 2. The highest BCUT2D eigenvalue weighted by molar-refractivity contribution is 6.75. The van der Waals surface area contributed by atoms with E-state index in [4.69, 9.17) is 9.97 Å². The number of aromatic nitrogens is 4. The van der Waals surface area contributed by atoms with Crippen LogP contribution in [0.15, 0.2) is 30.3 Å². The van der Waals surface area contributed by atoms with Crippen LogP contribution in [0.4, 0.5) is 0 Å². The predicted octanol–water partition coefficient (Wildman–Crippen LogP) is 8.76. The molecule has 2 aliphatic heterocycles. The van der Waals surface area contributed by atoms with Crippen LogP contribution < -0.4 is 0 Å². The van der Waals surface area contributed by atoms with E-state index < -0.39 is 8.07 Å². The summed E-state index contributed by atoms with van der Waals surface area (Å²) in [7, 11) is -1.42. The molecule has 5 heterocycles. The fraction of sp³-hybridized carbons (Fsp3) is 0.375. The van der Waals surface area contributed by atoms with Crippen LogP contribution in [0.3, 0.4) is 0 Å². The van der Waals surface area contributed by atoms with Crippen molar-refractivity contribution in [2.75, 3.05) is 0 Å². The Morgan fingerprint density at radius 3 is 1.46 bits per heavy atom. The van der Waals surface area contributed by atoms with Gasteiger partial charge in [0.1, 0.15) is 0 Å². The summed E-state index contributed by atoms with van der Waals surface area (Å²) in [6, 6.07) is 12.0. The smallest absolute Gasteiger partial charge is 0.0690 e. The average molecular weight is 509 g/mol. The lowest BCUT2D eigenvalue weighted by Crippen LogP contribution is -2.25. The fourth-order valence-corrected chi connectivity index (χ4v) is 6.68. The van der Waals surface area contributed by atoms with E-state index in [1.165, 1.54) is 27.7 Å². The Bertz CT molecular complexity index is 1410. The second kappa shape index (κ2) is 10.7. The minimum atomic E-state index is -1.42. The van der Waals surface area contributed by atoms with Crippen LogP contribution in [-0.4, -0.2) is 28.0 Å². The molecule has 3 aromatic rings. The maximum Gasteiger partial charge on any atom is 0.0690 e. The minimum Gasteiger partial charge on any atom is -0.355 e. The van der Waals surface area contributed by atoms with E-state index in [1.807, 2.05) is 0 Å². The number of nitrogens with zero attached hydrogens (tertiary/aromatic N) is 2. The van der Waals surface area contributed by atoms with Crippen LogP contribution in [0.2, 0.25) is 19.6 Å². The standard InChI is InChI=1S/C32H40N4Si/c1-6-8-10-24-27-14-12-22(33-27)20-23-13-15-28(34-23)25(11-9-7-2)30-17-19-32(36-30)26(21-37(3,4)5)31-18-16-29(24)35-31/h12-20,33-34H,6-11,21H2,1-5H3. The fourth-order valence-electron chi connectivity index (χ4n) is 5.26. The van der Waals surface area contributed by atoms with Crippen molar-refractivity contribution in [2.24, 2.45) is 0 Å². The number of rotatable bonds is 8. The second-order valence-corrected chi connectivity index (χ2v) is 17.1. The van der Waals surface area contributed by atoms with Crippen LogP contribution in [-0.2, 0) is 18.9 Å².